The minimum absolute atomic E-state index is 0.0417. The number of methoxy groups -OCH3 is 1. The van der Waals surface area contributed by atoms with Crippen molar-refractivity contribution in [3.63, 3.8) is 0 Å². The Hall–Kier alpha value is -2.62. The molecule has 0 aliphatic heterocycles. The van der Waals surface area contributed by atoms with Crippen molar-refractivity contribution in [2.45, 2.75) is 12.8 Å². The first-order valence-electron chi connectivity index (χ1n) is 6.86. The zero-order chi connectivity index (χ0) is 14.7. The van der Waals surface area contributed by atoms with E-state index < -0.39 is 0 Å². The van der Waals surface area contributed by atoms with Crippen LogP contribution in [0, 0.1) is 0 Å². The van der Waals surface area contributed by atoms with Gasteiger partial charge in [0.1, 0.15) is 0 Å². The third-order valence-corrected chi connectivity index (χ3v) is 3.59. The van der Waals surface area contributed by atoms with Crippen molar-refractivity contribution in [3.8, 4) is 5.88 Å². The number of nitrogens with zero attached hydrogens (tertiary/aromatic N) is 1. The van der Waals surface area contributed by atoms with E-state index in [0.717, 1.165) is 34.7 Å². The lowest BCUT2D eigenvalue weighted by Gasteiger charge is -2.07. The number of ether oxygens (including phenoxy) is 1. The molecule has 3 rings (SSSR count). The highest BCUT2D eigenvalue weighted by Gasteiger charge is 2.05. The van der Waals surface area contributed by atoms with Gasteiger partial charge in [-0.25, -0.2) is 4.98 Å². The van der Waals surface area contributed by atoms with Crippen LogP contribution in [0.1, 0.15) is 11.1 Å². The van der Waals surface area contributed by atoms with Crippen molar-refractivity contribution < 1.29 is 4.74 Å². The van der Waals surface area contributed by atoms with Crippen LogP contribution in [0.5, 0.6) is 5.88 Å². The second-order valence-corrected chi connectivity index (χ2v) is 4.90. The lowest BCUT2D eigenvalue weighted by Crippen LogP contribution is -2.07. The van der Waals surface area contributed by atoms with Crippen LogP contribution in [-0.2, 0) is 12.8 Å². The summed E-state index contributed by atoms with van der Waals surface area (Å²) < 4.78 is 5.13. The lowest BCUT2D eigenvalue weighted by atomic mass is 10.0. The number of fused-ring (bicyclic) bond motifs is 1. The van der Waals surface area contributed by atoms with E-state index in [2.05, 4.69) is 9.97 Å². The minimum Gasteiger partial charge on any atom is -0.481 e. The molecule has 0 unspecified atom stereocenters. The molecule has 1 aromatic carbocycles. The van der Waals surface area contributed by atoms with E-state index in [0.29, 0.717) is 5.88 Å². The van der Waals surface area contributed by atoms with Gasteiger partial charge in [0.25, 0.3) is 5.56 Å². The van der Waals surface area contributed by atoms with Crippen molar-refractivity contribution in [1.82, 2.24) is 9.97 Å². The number of benzene rings is 1. The number of aryl methyl sites for hydroxylation is 2. The molecule has 0 bridgehead atoms. The van der Waals surface area contributed by atoms with Gasteiger partial charge in [-0.05, 0) is 41.5 Å². The summed E-state index contributed by atoms with van der Waals surface area (Å²) in [6, 6.07) is 11.6. The number of hydrogen-bond donors (Lipinski definition) is 1. The third kappa shape index (κ3) is 2.79. The molecule has 2 aromatic heterocycles. The predicted octanol–water partition coefficient (Wildman–Crippen LogP) is 2.72. The first-order chi connectivity index (χ1) is 10.3. The number of rotatable bonds is 4. The average molecular weight is 280 g/mol. The first kappa shape index (κ1) is 13.4. The second-order valence-electron chi connectivity index (χ2n) is 4.90. The van der Waals surface area contributed by atoms with Crippen LogP contribution in [0.3, 0.4) is 0 Å². The van der Waals surface area contributed by atoms with E-state index in [-0.39, 0.29) is 5.56 Å². The molecule has 0 radical (unpaired) electrons. The Labute approximate surface area is 122 Å². The SMILES string of the molecule is COc1cc(CCc2c[nH]c(=O)c3ccccc23)ccn1. The highest BCUT2D eigenvalue weighted by Crippen LogP contribution is 2.17. The number of nitrogens with one attached hydrogen (secondary N) is 1. The molecule has 0 amide bonds. The van der Waals surface area contributed by atoms with Gasteiger partial charge in [-0.3, -0.25) is 4.79 Å². The molecule has 1 N–H and O–H groups in total. The van der Waals surface area contributed by atoms with Crippen molar-refractivity contribution in [2.24, 2.45) is 0 Å². The minimum atomic E-state index is -0.0417. The Morgan fingerprint density at radius 1 is 1.14 bits per heavy atom. The third-order valence-electron chi connectivity index (χ3n) is 3.59. The summed E-state index contributed by atoms with van der Waals surface area (Å²) in [7, 11) is 1.61. The molecule has 21 heavy (non-hydrogen) atoms. The van der Waals surface area contributed by atoms with Gasteiger partial charge in [-0.15, -0.1) is 0 Å². The zero-order valence-corrected chi connectivity index (χ0v) is 11.8. The molecule has 0 fully saturated rings. The molecule has 0 saturated carbocycles. The predicted molar refractivity (Wildman–Crippen MR) is 82.8 cm³/mol. The zero-order valence-electron chi connectivity index (χ0n) is 11.8. The first-order valence-corrected chi connectivity index (χ1v) is 6.86. The molecular weight excluding hydrogens is 264 g/mol. The number of pyridine rings is 2. The molecule has 0 saturated heterocycles. The van der Waals surface area contributed by atoms with E-state index in [4.69, 9.17) is 4.74 Å². The van der Waals surface area contributed by atoms with Crippen molar-refractivity contribution in [2.75, 3.05) is 7.11 Å². The van der Waals surface area contributed by atoms with Crippen molar-refractivity contribution in [1.29, 1.82) is 0 Å². The van der Waals surface area contributed by atoms with Gasteiger partial charge in [0.15, 0.2) is 0 Å². The van der Waals surface area contributed by atoms with Gasteiger partial charge >= 0.3 is 0 Å². The van der Waals surface area contributed by atoms with Gasteiger partial charge in [-0.1, -0.05) is 18.2 Å². The van der Waals surface area contributed by atoms with Crippen LogP contribution in [0.15, 0.2) is 53.6 Å². The maximum Gasteiger partial charge on any atom is 0.255 e. The summed E-state index contributed by atoms with van der Waals surface area (Å²) in [5.41, 5.74) is 2.26. The van der Waals surface area contributed by atoms with Crippen LogP contribution in [0.25, 0.3) is 10.8 Å². The molecule has 106 valence electrons. The van der Waals surface area contributed by atoms with Gasteiger partial charge in [0, 0.05) is 23.8 Å². The van der Waals surface area contributed by atoms with Gasteiger partial charge in [-0.2, -0.15) is 0 Å². The van der Waals surface area contributed by atoms with Crippen LogP contribution in [0.2, 0.25) is 0 Å². The Morgan fingerprint density at radius 3 is 2.76 bits per heavy atom. The fourth-order valence-corrected chi connectivity index (χ4v) is 2.47. The second kappa shape index (κ2) is 5.79. The molecule has 0 aliphatic rings. The topological polar surface area (TPSA) is 55.0 Å². The number of hydrogen-bond acceptors (Lipinski definition) is 3. The molecule has 0 aliphatic carbocycles. The van der Waals surface area contributed by atoms with E-state index in [1.54, 1.807) is 13.3 Å². The van der Waals surface area contributed by atoms with E-state index in [9.17, 15) is 4.79 Å². The smallest absolute Gasteiger partial charge is 0.255 e. The maximum absolute atomic E-state index is 11.8. The molecule has 4 nitrogen and oxygen atoms in total. The fourth-order valence-electron chi connectivity index (χ4n) is 2.47. The maximum atomic E-state index is 11.8. The molecule has 3 aromatic rings. The summed E-state index contributed by atoms with van der Waals surface area (Å²) in [4.78, 5) is 18.7. The Kier molecular flexibility index (Phi) is 3.69. The molecule has 0 spiro atoms. The Bertz CT molecular complexity index is 824. The lowest BCUT2D eigenvalue weighted by molar-refractivity contribution is 0.397. The summed E-state index contributed by atoms with van der Waals surface area (Å²) in [5, 5.41) is 1.75. The summed E-state index contributed by atoms with van der Waals surface area (Å²) >= 11 is 0. The standard InChI is InChI=1S/C17H16N2O2/c1-21-16-10-12(8-9-18-16)6-7-13-11-19-17(20)15-5-3-2-4-14(13)15/h2-5,8-11H,6-7H2,1H3,(H,19,20). The fraction of sp³-hybridized carbons (Fsp3) is 0.176. The quantitative estimate of drug-likeness (QED) is 0.799. The van der Waals surface area contributed by atoms with Crippen LogP contribution < -0.4 is 10.3 Å². The Morgan fingerprint density at radius 2 is 1.95 bits per heavy atom. The van der Waals surface area contributed by atoms with Crippen LogP contribution in [0.4, 0.5) is 0 Å². The largest absolute Gasteiger partial charge is 0.481 e. The molecular formula is C17H16N2O2. The van der Waals surface area contributed by atoms with Crippen LogP contribution in [-0.4, -0.2) is 17.1 Å². The highest BCUT2D eigenvalue weighted by molar-refractivity contribution is 5.84. The summed E-state index contributed by atoms with van der Waals surface area (Å²) in [6.45, 7) is 0. The normalized spacial score (nSPS) is 10.7. The van der Waals surface area contributed by atoms with Crippen LogP contribution >= 0.6 is 0 Å². The highest BCUT2D eigenvalue weighted by atomic mass is 16.5. The van der Waals surface area contributed by atoms with Gasteiger partial charge in [0.2, 0.25) is 5.88 Å². The van der Waals surface area contributed by atoms with E-state index >= 15 is 0 Å². The molecule has 4 heteroatoms. The Balaban J connectivity index is 1.88. The molecule has 0 atom stereocenters. The van der Waals surface area contributed by atoms with Crippen molar-refractivity contribution >= 4 is 10.8 Å². The number of aromatic amines is 1. The number of aromatic nitrogens is 2. The van der Waals surface area contributed by atoms with E-state index in [1.165, 1.54) is 0 Å². The van der Waals surface area contributed by atoms with E-state index in [1.807, 2.05) is 42.6 Å². The average Bonchev–Trinajstić information content (AvgIpc) is 2.55. The summed E-state index contributed by atoms with van der Waals surface area (Å²) in [5.74, 6) is 0.624. The number of H-pyrrole nitrogens is 1. The molecule has 2 heterocycles. The van der Waals surface area contributed by atoms with Gasteiger partial charge in [0.05, 0.1) is 7.11 Å². The van der Waals surface area contributed by atoms with Gasteiger partial charge < -0.3 is 9.72 Å². The monoisotopic (exact) mass is 280 g/mol. The van der Waals surface area contributed by atoms with Crippen molar-refractivity contribution in [3.05, 3.63) is 70.3 Å². The summed E-state index contributed by atoms with van der Waals surface area (Å²) in [6.07, 6.45) is 5.28.